The van der Waals surface area contributed by atoms with Gasteiger partial charge in [-0.3, -0.25) is 13.9 Å². The van der Waals surface area contributed by atoms with E-state index in [1.807, 2.05) is 23.8 Å². The van der Waals surface area contributed by atoms with E-state index in [1.165, 1.54) is 26.7 Å². The van der Waals surface area contributed by atoms with E-state index in [0.717, 1.165) is 5.56 Å². The zero-order valence-electron chi connectivity index (χ0n) is 9.42. The number of rotatable bonds is 3. The van der Waals surface area contributed by atoms with Gasteiger partial charge in [0.05, 0.1) is 6.54 Å². The third-order valence-corrected chi connectivity index (χ3v) is 3.26. The highest BCUT2D eigenvalue weighted by molar-refractivity contribution is 7.07. The molecule has 2 heterocycles. The zero-order valence-corrected chi connectivity index (χ0v) is 10.2. The third-order valence-electron chi connectivity index (χ3n) is 2.53. The average Bonchev–Trinajstić information content (AvgIpc) is 2.82. The predicted octanol–water partition coefficient (Wildman–Crippen LogP) is 0.722. The second kappa shape index (κ2) is 4.58. The largest absolute Gasteiger partial charge is 0.393 e. The smallest absolute Gasteiger partial charge is 0.331 e. The lowest BCUT2D eigenvalue weighted by atomic mass is 10.3. The molecule has 2 rings (SSSR count). The Morgan fingerprint density at radius 2 is 2.18 bits per heavy atom. The van der Waals surface area contributed by atoms with E-state index in [2.05, 4.69) is 0 Å². The van der Waals surface area contributed by atoms with Gasteiger partial charge >= 0.3 is 5.69 Å². The van der Waals surface area contributed by atoms with Crippen molar-refractivity contribution < 1.29 is 0 Å². The van der Waals surface area contributed by atoms with Crippen molar-refractivity contribution in [2.45, 2.75) is 20.0 Å². The van der Waals surface area contributed by atoms with Crippen LogP contribution in [0.2, 0.25) is 0 Å². The molecule has 0 aromatic carbocycles. The lowest BCUT2D eigenvalue weighted by Crippen LogP contribution is -2.40. The molecule has 0 amide bonds. The first-order chi connectivity index (χ1) is 8.13. The summed E-state index contributed by atoms with van der Waals surface area (Å²) in [6.45, 7) is 2.60. The first-order valence-corrected chi connectivity index (χ1v) is 6.18. The second-order valence-electron chi connectivity index (χ2n) is 3.68. The number of nitrogen functional groups attached to an aromatic ring is 1. The summed E-state index contributed by atoms with van der Waals surface area (Å²) in [5, 5.41) is 3.82. The van der Waals surface area contributed by atoms with Gasteiger partial charge in [0.2, 0.25) is 0 Å². The van der Waals surface area contributed by atoms with Crippen LogP contribution in [0, 0.1) is 0 Å². The molecular formula is C11H13N3O2S. The van der Waals surface area contributed by atoms with Crippen molar-refractivity contribution in [1.29, 1.82) is 0 Å². The number of nitrogens with two attached hydrogens (primary N) is 1. The molecule has 5 nitrogen and oxygen atoms in total. The van der Waals surface area contributed by atoms with Crippen molar-refractivity contribution >= 4 is 17.0 Å². The van der Waals surface area contributed by atoms with Crippen LogP contribution in [0.5, 0.6) is 0 Å². The number of thiophene rings is 1. The average molecular weight is 251 g/mol. The Bertz CT molecular complexity index is 625. The van der Waals surface area contributed by atoms with Crippen LogP contribution < -0.4 is 17.0 Å². The molecule has 0 unspecified atom stereocenters. The van der Waals surface area contributed by atoms with Gasteiger partial charge in [0, 0.05) is 12.7 Å². The number of hydrogen-bond donors (Lipinski definition) is 1. The molecule has 17 heavy (non-hydrogen) atoms. The number of aryl methyl sites for hydroxylation is 1. The summed E-state index contributed by atoms with van der Waals surface area (Å²) in [7, 11) is 0. The number of aromatic nitrogens is 2. The second-order valence-corrected chi connectivity index (χ2v) is 4.46. The Labute approximate surface area is 102 Å². The number of hydrogen-bond acceptors (Lipinski definition) is 4. The molecule has 2 aromatic rings. The molecule has 0 fully saturated rings. The minimum atomic E-state index is -0.425. The Hall–Kier alpha value is -1.82. The van der Waals surface area contributed by atoms with Crippen LogP contribution in [0.15, 0.2) is 32.6 Å². The van der Waals surface area contributed by atoms with Gasteiger partial charge in [-0.05, 0) is 29.3 Å². The maximum absolute atomic E-state index is 12.0. The van der Waals surface area contributed by atoms with Crippen LogP contribution in [-0.4, -0.2) is 9.13 Å². The quantitative estimate of drug-likeness (QED) is 0.874. The van der Waals surface area contributed by atoms with E-state index in [-0.39, 0.29) is 17.9 Å². The molecule has 0 aliphatic heterocycles. The van der Waals surface area contributed by atoms with Crippen molar-refractivity contribution in [1.82, 2.24) is 9.13 Å². The fourth-order valence-corrected chi connectivity index (χ4v) is 2.27. The van der Waals surface area contributed by atoms with Gasteiger partial charge in [-0.2, -0.15) is 11.3 Å². The van der Waals surface area contributed by atoms with Crippen molar-refractivity contribution in [2.75, 3.05) is 5.73 Å². The van der Waals surface area contributed by atoms with Gasteiger partial charge < -0.3 is 5.73 Å². The highest BCUT2D eigenvalue weighted by atomic mass is 32.1. The lowest BCUT2D eigenvalue weighted by Gasteiger charge is -2.09. The summed E-state index contributed by atoms with van der Waals surface area (Å²) in [5.74, 6) is 0. The molecule has 90 valence electrons. The fourth-order valence-electron chi connectivity index (χ4n) is 1.61. The van der Waals surface area contributed by atoms with Crippen LogP contribution in [0.3, 0.4) is 0 Å². The van der Waals surface area contributed by atoms with E-state index in [0.29, 0.717) is 6.54 Å². The first kappa shape index (κ1) is 11.7. The van der Waals surface area contributed by atoms with Crippen LogP contribution in [0.25, 0.3) is 0 Å². The molecule has 0 bridgehead atoms. The molecular weight excluding hydrogens is 238 g/mol. The first-order valence-electron chi connectivity index (χ1n) is 5.24. The minimum absolute atomic E-state index is 0.0988. The van der Waals surface area contributed by atoms with E-state index < -0.39 is 5.56 Å². The molecule has 0 aliphatic carbocycles. The summed E-state index contributed by atoms with van der Waals surface area (Å²) < 4.78 is 2.60. The lowest BCUT2D eigenvalue weighted by molar-refractivity contribution is 0.604. The molecule has 2 aromatic heterocycles. The molecule has 0 saturated heterocycles. The summed E-state index contributed by atoms with van der Waals surface area (Å²) in [6.07, 6.45) is 1.40. The minimum Gasteiger partial charge on any atom is -0.393 e. The van der Waals surface area contributed by atoms with Gasteiger partial charge in [0.1, 0.15) is 5.69 Å². The maximum atomic E-state index is 12.0. The van der Waals surface area contributed by atoms with Gasteiger partial charge in [-0.25, -0.2) is 4.79 Å². The number of anilines is 1. The van der Waals surface area contributed by atoms with Crippen LogP contribution in [-0.2, 0) is 13.1 Å². The molecule has 0 saturated carbocycles. The Kier molecular flexibility index (Phi) is 3.14. The Morgan fingerprint density at radius 1 is 1.41 bits per heavy atom. The van der Waals surface area contributed by atoms with Crippen LogP contribution >= 0.6 is 11.3 Å². The summed E-state index contributed by atoms with van der Waals surface area (Å²) in [6, 6.07) is 1.88. The highest BCUT2D eigenvalue weighted by Crippen LogP contribution is 2.06. The monoisotopic (exact) mass is 251 g/mol. The van der Waals surface area contributed by atoms with Crippen molar-refractivity contribution in [3.63, 3.8) is 0 Å². The Morgan fingerprint density at radius 3 is 2.76 bits per heavy atom. The molecule has 2 N–H and O–H groups in total. The summed E-state index contributed by atoms with van der Waals surface area (Å²) >= 11 is 1.53. The Balaban J connectivity index is 2.56. The molecule has 0 aliphatic rings. The molecule has 0 radical (unpaired) electrons. The van der Waals surface area contributed by atoms with Crippen molar-refractivity contribution in [3.05, 3.63) is 49.4 Å². The molecule has 6 heteroatoms. The van der Waals surface area contributed by atoms with E-state index in [9.17, 15) is 9.59 Å². The molecule has 0 spiro atoms. The van der Waals surface area contributed by atoms with Gasteiger partial charge in [-0.15, -0.1) is 0 Å². The SMILES string of the molecule is CCn1cc(N)c(=O)n(Cc2ccsc2)c1=O. The van der Waals surface area contributed by atoms with Crippen molar-refractivity contribution in [3.8, 4) is 0 Å². The topological polar surface area (TPSA) is 70.0 Å². The maximum Gasteiger partial charge on any atom is 0.331 e. The van der Waals surface area contributed by atoms with Crippen molar-refractivity contribution in [2.24, 2.45) is 0 Å². The standard InChI is InChI=1S/C11H13N3O2S/c1-2-13-6-9(12)10(15)14(11(13)16)5-8-3-4-17-7-8/h3-4,6-7H,2,5,12H2,1H3. The van der Waals surface area contributed by atoms with Gasteiger partial charge in [0.25, 0.3) is 5.56 Å². The molecule has 0 atom stereocenters. The summed E-state index contributed by atoms with van der Waals surface area (Å²) in [4.78, 5) is 23.8. The third kappa shape index (κ3) is 2.16. The fraction of sp³-hybridized carbons (Fsp3) is 0.273. The number of nitrogens with zero attached hydrogens (tertiary/aromatic N) is 2. The summed E-state index contributed by atoms with van der Waals surface area (Å²) in [5.41, 5.74) is 5.89. The van der Waals surface area contributed by atoms with E-state index in [1.54, 1.807) is 0 Å². The highest BCUT2D eigenvalue weighted by Gasteiger charge is 2.09. The van der Waals surface area contributed by atoms with E-state index >= 15 is 0 Å². The van der Waals surface area contributed by atoms with Crippen LogP contribution in [0.4, 0.5) is 5.69 Å². The van der Waals surface area contributed by atoms with Crippen LogP contribution in [0.1, 0.15) is 12.5 Å². The van der Waals surface area contributed by atoms with Gasteiger partial charge in [0.15, 0.2) is 0 Å². The predicted molar refractivity (Wildman–Crippen MR) is 68.5 cm³/mol. The van der Waals surface area contributed by atoms with Gasteiger partial charge in [-0.1, -0.05) is 0 Å². The van der Waals surface area contributed by atoms with E-state index in [4.69, 9.17) is 5.73 Å². The zero-order chi connectivity index (χ0) is 12.4. The normalized spacial score (nSPS) is 10.6.